The van der Waals surface area contributed by atoms with E-state index in [1.54, 1.807) is 0 Å². The van der Waals surface area contributed by atoms with Crippen molar-refractivity contribution in [1.29, 1.82) is 0 Å². The van der Waals surface area contributed by atoms with Crippen molar-refractivity contribution in [3.05, 3.63) is 84.9 Å². The Labute approximate surface area is 166 Å². The average molecular weight is 371 g/mol. The van der Waals surface area contributed by atoms with Crippen LogP contribution in [-0.2, 0) is 7.05 Å². The van der Waals surface area contributed by atoms with Crippen molar-refractivity contribution in [1.82, 2.24) is 4.57 Å². The van der Waals surface area contributed by atoms with Crippen LogP contribution in [0.25, 0.3) is 65.3 Å². The fraction of sp³-hybridized carbons (Fsp3) is 0.0370. The molecule has 29 heavy (non-hydrogen) atoms. The van der Waals surface area contributed by atoms with Gasteiger partial charge in [-0.25, -0.2) is 0 Å². The Morgan fingerprint density at radius 1 is 0.586 bits per heavy atom. The van der Waals surface area contributed by atoms with Crippen LogP contribution in [0.4, 0.5) is 0 Å². The standard InChI is InChI=1S/C27H17NO/c1-28-23-9-5-4-8-21(23)26-24(28)11-10-20-22-14-18-12-16-6-2-3-7-17(16)13-19(18)15-25(22)29-27(20)26/h2-15H,1H3. The smallest absolute Gasteiger partial charge is 0.145 e. The lowest BCUT2D eigenvalue weighted by molar-refractivity contribution is 0.673. The quantitative estimate of drug-likeness (QED) is 0.252. The number of rotatable bonds is 0. The first-order chi connectivity index (χ1) is 14.3. The minimum atomic E-state index is 0.947. The molecule has 0 N–H and O–H groups in total. The highest BCUT2D eigenvalue weighted by Gasteiger charge is 2.16. The molecule has 0 aliphatic heterocycles. The molecule has 0 fully saturated rings. The van der Waals surface area contributed by atoms with E-state index in [1.807, 2.05) is 0 Å². The predicted octanol–water partition coefficient (Wildman–Crippen LogP) is 7.54. The Balaban J connectivity index is 1.68. The number of benzene rings is 5. The Hall–Kier alpha value is -3.78. The van der Waals surface area contributed by atoms with Gasteiger partial charge in [-0.2, -0.15) is 0 Å². The van der Waals surface area contributed by atoms with Gasteiger partial charge in [0.25, 0.3) is 0 Å². The summed E-state index contributed by atoms with van der Waals surface area (Å²) in [6.45, 7) is 0. The molecule has 0 saturated carbocycles. The highest BCUT2D eigenvalue weighted by molar-refractivity contribution is 6.24. The van der Waals surface area contributed by atoms with Crippen LogP contribution >= 0.6 is 0 Å². The van der Waals surface area contributed by atoms with Gasteiger partial charge in [-0.3, -0.25) is 0 Å². The molecule has 0 saturated heterocycles. The maximum absolute atomic E-state index is 6.49. The van der Waals surface area contributed by atoms with Crippen LogP contribution in [0.1, 0.15) is 0 Å². The van der Waals surface area contributed by atoms with Crippen LogP contribution in [0.2, 0.25) is 0 Å². The first kappa shape index (κ1) is 15.2. The molecule has 0 spiro atoms. The monoisotopic (exact) mass is 371 g/mol. The fourth-order valence-electron chi connectivity index (χ4n) is 4.91. The minimum Gasteiger partial charge on any atom is -0.455 e. The molecule has 7 aromatic rings. The molecule has 0 radical (unpaired) electrons. The molecule has 0 amide bonds. The summed E-state index contributed by atoms with van der Waals surface area (Å²) in [4.78, 5) is 0. The molecule has 0 aliphatic rings. The zero-order valence-electron chi connectivity index (χ0n) is 15.9. The third-order valence-electron chi connectivity index (χ3n) is 6.34. The Morgan fingerprint density at radius 3 is 2.14 bits per heavy atom. The first-order valence-corrected chi connectivity index (χ1v) is 9.93. The Bertz CT molecular complexity index is 1760. The Kier molecular flexibility index (Phi) is 2.71. The summed E-state index contributed by atoms with van der Waals surface area (Å²) >= 11 is 0. The van der Waals surface area contributed by atoms with Crippen molar-refractivity contribution < 1.29 is 4.42 Å². The summed E-state index contributed by atoms with van der Waals surface area (Å²) in [7, 11) is 2.12. The second-order valence-electron chi connectivity index (χ2n) is 7.91. The van der Waals surface area contributed by atoms with E-state index in [4.69, 9.17) is 4.42 Å². The number of nitrogens with zero attached hydrogens (tertiary/aromatic N) is 1. The van der Waals surface area contributed by atoms with Crippen molar-refractivity contribution in [2.24, 2.45) is 7.05 Å². The van der Waals surface area contributed by atoms with Crippen molar-refractivity contribution in [2.45, 2.75) is 0 Å². The lowest BCUT2D eigenvalue weighted by atomic mass is 10.0. The van der Waals surface area contributed by atoms with Gasteiger partial charge in [0.05, 0.1) is 10.9 Å². The minimum absolute atomic E-state index is 0.947. The van der Waals surface area contributed by atoms with Crippen molar-refractivity contribution in [3.8, 4) is 0 Å². The number of hydrogen-bond acceptors (Lipinski definition) is 1. The maximum Gasteiger partial charge on any atom is 0.145 e. The molecule has 2 nitrogen and oxygen atoms in total. The summed E-state index contributed by atoms with van der Waals surface area (Å²) in [5.74, 6) is 0. The summed E-state index contributed by atoms with van der Waals surface area (Å²) in [6.07, 6.45) is 0. The highest BCUT2D eigenvalue weighted by Crippen LogP contribution is 2.40. The highest BCUT2D eigenvalue weighted by atomic mass is 16.3. The molecule has 0 aliphatic carbocycles. The first-order valence-electron chi connectivity index (χ1n) is 9.93. The predicted molar refractivity (Wildman–Crippen MR) is 123 cm³/mol. The third-order valence-corrected chi connectivity index (χ3v) is 6.34. The molecular formula is C27H17NO. The van der Waals surface area contributed by atoms with Gasteiger partial charge in [0.15, 0.2) is 0 Å². The van der Waals surface area contributed by atoms with Crippen LogP contribution in [0.5, 0.6) is 0 Å². The molecule has 5 aromatic carbocycles. The van der Waals surface area contributed by atoms with E-state index >= 15 is 0 Å². The summed E-state index contributed by atoms with van der Waals surface area (Å²) in [6, 6.07) is 30.5. The topological polar surface area (TPSA) is 18.1 Å². The van der Waals surface area contributed by atoms with E-state index in [-0.39, 0.29) is 0 Å². The molecule has 0 atom stereocenters. The van der Waals surface area contributed by atoms with E-state index in [0.717, 1.165) is 11.2 Å². The number of aryl methyl sites for hydroxylation is 1. The summed E-state index contributed by atoms with van der Waals surface area (Å²) in [5, 5.41) is 9.78. The Morgan fingerprint density at radius 2 is 1.31 bits per heavy atom. The molecule has 136 valence electrons. The van der Waals surface area contributed by atoms with Crippen LogP contribution < -0.4 is 0 Å². The van der Waals surface area contributed by atoms with Gasteiger partial charge in [0.1, 0.15) is 11.2 Å². The van der Waals surface area contributed by atoms with E-state index in [2.05, 4.69) is 96.5 Å². The van der Waals surface area contributed by atoms with Crippen LogP contribution in [0, 0.1) is 0 Å². The van der Waals surface area contributed by atoms with E-state index in [1.165, 1.54) is 54.1 Å². The molecule has 2 aromatic heterocycles. The summed E-state index contributed by atoms with van der Waals surface area (Å²) in [5.41, 5.74) is 4.36. The summed E-state index contributed by atoms with van der Waals surface area (Å²) < 4.78 is 8.74. The normalized spacial score (nSPS) is 12.3. The number of hydrogen-bond donors (Lipinski definition) is 0. The number of aromatic nitrogens is 1. The van der Waals surface area contributed by atoms with Gasteiger partial charge in [-0.15, -0.1) is 0 Å². The van der Waals surface area contributed by atoms with E-state index in [0.29, 0.717) is 0 Å². The number of para-hydroxylation sites is 1. The molecule has 2 heteroatoms. The zero-order chi connectivity index (χ0) is 19.1. The van der Waals surface area contributed by atoms with Gasteiger partial charge < -0.3 is 8.98 Å². The molecule has 0 unspecified atom stereocenters. The molecular weight excluding hydrogens is 354 g/mol. The van der Waals surface area contributed by atoms with Gasteiger partial charge >= 0.3 is 0 Å². The van der Waals surface area contributed by atoms with Crippen LogP contribution in [0.15, 0.2) is 89.3 Å². The fourth-order valence-corrected chi connectivity index (χ4v) is 4.91. The van der Waals surface area contributed by atoms with Crippen molar-refractivity contribution >= 4 is 65.3 Å². The van der Waals surface area contributed by atoms with Crippen molar-refractivity contribution in [3.63, 3.8) is 0 Å². The van der Waals surface area contributed by atoms with Crippen LogP contribution in [0.3, 0.4) is 0 Å². The largest absolute Gasteiger partial charge is 0.455 e. The van der Waals surface area contributed by atoms with Gasteiger partial charge in [-0.1, -0.05) is 42.5 Å². The third kappa shape index (κ3) is 1.91. The van der Waals surface area contributed by atoms with E-state index < -0.39 is 0 Å². The van der Waals surface area contributed by atoms with E-state index in [9.17, 15) is 0 Å². The molecule has 2 heterocycles. The number of furan rings is 1. The SMILES string of the molecule is Cn1c2ccccc2c2c3oc4cc5cc6ccccc6cc5cc4c3ccc21. The van der Waals surface area contributed by atoms with Crippen molar-refractivity contribution in [2.75, 3.05) is 0 Å². The van der Waals surface area contributed by atoms with Gasteiger partial charge in [-0.05, 0) is 64.0 Å². The van der Waals surface area contributed by atoms with Gasteiger partial charge in [0.2, 0.25) is 0 Å². The average Bonchev–Trinajstić information content (AvgIpc) is 3.26. The maximum atomic E-state index is 6.49. The van der Waals surface area contributed by atoms with Crippen LogP contribution in [-0.4, -0.2) is 4.57 Å². The zero-order valence-corrected chi connectivity index (χ0v) is 15.9. The molecule has 7 rings (SSSR count). The second-order valence-corrected chi connectivity index (χ2v) is 7.91. The lowest BCUT2D eigenvalue weighted by Gasteiger charge is -2.02. The lowest BCUT2D eigenvalue weighted by Crippen LogP contribution is -1.85. The second kappa shape index (κ2) is 5.18. The van der Waals surface area contributed by atoms with Gasteiger partial charge in [0, 0.05) is 28.7 Å². The molecule has 0 bridgehead atoms. The number of fused-ring (bicyclic) bond motifs is 9.